The number of nitrogens with one attached hydrogen (secondary N) is 2. The van der Waals surface area contributed by atoms with Gasteiger partial charge in [-0.05, 0) is 32.3 Å². The molecule has 0 aromatic heterocycles. The monoisotopic (exact) mass is 418 g/mol. The molecule has 0 saturated carbocycles. The molecule has 3 unspecified atom stereocenters. The number of aliphatic imine (C=N–C) groups is 1. The first kappa shape index (κ1) is 23.0. The van der Waals surface area contributed by atoms with E-state index in [0.29, 0.717) is 19.0 Å². The van der Waals surface area contributed by atoms with Crippen LogP contribution in [0.5, 0.6) is 0 Å². The van der Waals surface area contributed by atoms with Crippen LogP contribution in [-0.2, 0) is 9.47 Å². The lowest BCUT2D eigenvalue weighted by Crippen LogP contribution is -2.48. The van der Waals surface area contributed by atoms with Gasteiger partial charge in [-0.15, -0.1) is 0 Å². The average molecular weight is 419 g/mol. The highest BCUT2D eigenvalue weighted by Crippen LogP contribution is 2.33. The van der Waals surface area contributed by atoms with Gasteiger partial charge >= 0.3 is 0 Å². The van der Waals surface area contributed by atoms with Crippen LogP contribution in [0, 0.1) is 5.92 Å². The van der Waals surface area contributed by atoms with E-state index < -0.39 is 5.60 Å². The van der Waals surface area contributed by atoms with Gasteiger partial charge in [0.2, 0.25) is 0 Å². The highest BCUT2D eigenvalue weighted by molar-refractivity contribution is 5.79. The third-order valence-electron chi connectivity index (χ3n) is 5.69. The normalized spacial score (nSPS) is 25.5. The average Bonchev–Trinajstić information content (AvgIpc) is 2.77. The van der Waals surface area contributed by atoms with Crippen molar-refractivity contribution in [1.29, 1.82) is 0 Å². The molecule has 0 radical (unpaired) electrons. The van der Waals surface area contributed by atoms with E-state index in [0.717, 1.165) is 64.8 Å². The lowest BCUT2D eigenvalue weighted by atomic mass is 9.89. The molecule has 2 heterocycles. The number of benzene rings is 1. The predicted molar refractivity (Wildman–Crippen MR) is 120 cm³/mol. The summed E-state index contributed by atoms with van der Waals surface area (Å²) >= 11 is 0. The molecule has 3 atom stereocenters. The van der Waals surface area contributed by atoms with Gasteiger partial charge in [0.05, 0.1) is 31.5 Å². The first-order valence-electron chi connectivity index (χ1n) is 11.3. The maximum atomic E-state index is 10.8. The minimum Gasteiger partial charge on any atom is -0.387 e. The molecule has 0 aliphatic carbocycles. The molecule has 2 saturated heterocycles. The summed E-state index contributed by atoms with van der Waals surface area (Å²) in [6.45, 7) is 10.4. The quantitative estimate of drug-likeness (QED) is 0.441. The number of hydrogen-bond donors (Lipinski definition) is 3. The largest absolute Gasteiger partial charge is 0.387 e. The van der Waals surface area contributed by atoms with Crippen molar-refractivity contribution in [1.82, 2.24) is 15.5 Å². The van der Waals surface area contributed by atoms with Crippen LogP contribution in [0.4, 0.5) is 0 Å². The fourth-order valence-electron chi connectivity index (χ4n) is 4.17. The van der Waals surface area contributed by atoms with Crippen molar-refractivity contribution < 1.29 is 14.6 Å². The standard InChI is InChI=1S/C23H38N4O3/c1-3-24-22(26-17-23(2,28)18-27-11-14-29-15-12-27)25-16-20-10-7-13-30-21(20)19-8-5-4-6-9-19/h4-6,8-9,20-21,28H,3,7,10-18H2,1-2H3,(H2,24,25,26). The molecule has 0 bridgehead atoms. The molecule has 7 heteroatoms. The van der Waals surface area contributed by atoms with Gasteiger partial charge in [0.15, 0.2) is 5.96 Å². The van der Waals surface area contributed by atoms with Gasteiger partial charge in [-0.25, -0.2) is 0 Å². The van der Waals surface area contributed by atoms with Crippen molar-refractivity contribution in [2.45, 2.75) is 38.4 Å². The van der Waals surface area contributed by atoms with E-state index in [2.05, 4.69) is 51.7 Å². The maximum Gasteiger partial charge on any atom is 0.191 e. The summed E-state index contributed by atoms with van der Waals surface area (Å²) in [5.41, 5.74) is 0.361. The van der Waals surface area contributed by atoms with Crippen LogP contribution >= 0.6 is 0 Å². The number of nitrogens with zero attached hydrogens (tertiary/aromatic N) is 2. The van der Waals surface area contributed by atoms with E-state index in [4.69, 9.17) is 9.47 Å². The van der Waals surface area contributed by atoms with Crippen molar-refractivity contribution in [2.75, 3.05) is 59.1 Å². The third kappa shape index (κ3) is 7.23. The van der Waals surface area contributed by atoms with Crippen LogP contribution in [0.2, 0.25) is 0 Å². The van der Waals surface area contributed by atoms with Gasteiger partial charge in [0.25, 0.3) is 0 Å². The van der Waals surface area contributed by atoms with E-state index in [-0.39, 0.29) is 6.10 Å². The second kappa shape index (κ2) is 11.6. The minimum absolute atomic E-state index is 0.111. The van der Waals surface area contributed by atoms with Gasteiger partial charge in [-0.3, -0.25) is 9.89 Å². The number of ether oxygens (including phenoxy) is 2. The van der Waals surface area contributed by atoms with Crippen LogP contribution in [0.3, 0.4) is 0 Å². The summed E-state index contributed by atoms with van der Waals surface area (Å²) in [4.78, 5) is 6.92. The van der Waals surface area contributed by atoms with E-state index in [9.17, 15) is 5.11 Å². The zero-order valence-electron chi connectivity index (χ0n) is 18.5. The molecule has 0 spiro atoms. The number of hydrogen-bond acceptors (Lipinski definition) is 5. The zero-order valence-corrected chi connectivity index (χ0v) is 18.5. The number of guanidine groups is 1. The summed E-state index contributed by atoms with van der Waals surface area (Å²) in [5, 5.41) is 17.6. The van der Waals surface area contributed by atoms with Crippen molar-refractivity contribution in [3.63, 3.8) is 0 Å². The third-order valence-corrected chi connectivity index (χ3v) is 5.69. The number of rotatable bonds is 8. The molecule has 2 fully saturated rings. The first-order valence-corrected chi connectivity index (χ1v) is 11.3. The number of aliphatic hydroxyl groups is 1. The molecule has 2 aliphatic rings. The van der Waals surface area contributed by atoms with Crippen molar-refractivity contribution in [3.8, 4) is 0 Å². The van der Waals surface area contributed by atoms with Crippen LogP contribution in [0.15, 0.2) is 35.3 Å². The molecule has 3 rings (SSSR count). The Labute approximate surface area is 180 Å². The van der Waals surface area contributed by atoms with E-state index >= 15 is 0 Å². The Morgan fingerprint density at radius 3 is 2.70 bits per heavy atom. The van der Waals surface area contributed by atoms with Crippen LogP contribution in [-0.4, -0.2) is 80.7 Å². The molecule has 168 valence electrons. The van der Waals surface area contributed by atoms with Gasteiger partial charge in [0, 0.05) is 45.2 Å². The summed E-state index contributed by atoms with van der Waals surface area (Å²) in [6.07, 6.45) is 2.32. The van der Waals surface area contributed by atoms with Crippen molar-refractivity contribution >= 4 is 5.96 Å². The molecule has 1 aromatic carbocycles. The predicted octanol–water partition coefficient (Wildman–Crippen LogP) is 1.79. The van der Waals surface area contributed by atoms with Crippen molar-refractivity contribution in [3.05, 3.63) is 35.9 Å². The fraction of sp³-hybridized carbons (Fsp3) is 0.696. The Bertz CT molecular complexity index is 647. The molecule has 30 heavy (non-hydrogen) atoms. The van der Waals surface area contributed by atoms with Gasteiger partial charge in [0.1, 0.15) is 0 Å². The molecular weight excluding hydrogens is 380 g/mol. The Hall–Kier alpha value is -1.67. The lowest BCUT2D eigenvalue weighted by molar-refractivity contribution is -0.0266. The second-order valence-corrected chi connectivity index (χ2v) is 8.57. The van der Waals surface area contributed by atoms with Crippen LogP contribution in [0.25, 0.3) is 0 Å². The second-order valence-electron chi connectivity index (χ2n) is 8.57. The van der Waals surface area contributed by atoms with Gasteiger partial charge < -0.3 is 25.2 Å². The summed E-state index contributed by atoms with van der Waals surface area (Å²) in [5.74, 6) is 1.14. The molecule has 1 aromatic rings. The highest BCUT2D eigenvalue weighted by Gasteiger charge is 2.28. The Morgan fingerprint density at radius 1 is 1.20 bits per heavy atom. The smallest absolute Gasteiger partial charge is 0.191 e. The first-order chi connectivity index (χ1) is 14.6. The van der Waals surface area contributed by atoms with Crippen molar-refractivity contribution in [2.24, 2.45) is 10.9 Å². The van der Waals surface area contributed by atoms with Crippen LogP contribution in [0.1, 0.15) is 38.4 Å². The lowest BCUT2D eigenvalue weighted by Gasteiger charge is -2.33. The molecule has 0 amide bonds. The van der Waals surface area contributed by atoms with Gasteiger partial charge in [-0.1, -0.05) is 30.3 Å². The van der Waals surface area contributed by atoms with E-state index in [1.165, 1.54) is 5.56 Å². The summed E-state index contributed by atoms with van der Waals surface area (Å²) < 4.78 is 11.5. The molecule has 2 aliphatic heterocycles. The Morgan fingerprint density at radius 2 is 1.97 bits per heavy atom. The summed E-state index contributed by atoms with van der Waals surface area (Å²) in [7, 11) is 0. The topological polar surface area (TPSA) is 78.4 Å². The maximum absolute atomic E-state index is 10.8. The summed E-state index contributed by atoms with van der Waals surface area (Å²) in [6, 6.07) is 10.5. The Kier molecular flexibility index (Phi) is 8.93. The number of β-amino-alcohol motifs (C(OH)–C–C–N with tert-alkyl or cyclic N) is 1. The molecule has 3 N–H and O–H groups in total. The molecule has 7 nitrogen and oxygen atoms in total. The van der Waals surface area contributed by atoms with Crippen LogP contribution < -0.4 is 10.6 Å². The minimum atomic E-state index is -0.875. The van der Waals surface area contributed by atoms with Gasteiger partial charge in [-0.2, -0.15) is 0 Å². The molecular formula is C23H38N4O3. The van der Waals surface area contributed by atoms with E-state index in [1.54, 1.807) is 0 Å². The highest BCUT2D eigenvalue weighted by atomic mass is 16.5. The SMILES string of the molecule is CCNC(=NCC(C)(O)CN1CCOCC1)NCC1CCCOC1c1ccccc1. The van der Waals surface area contributed by atoms with E-state index in [1.807, 2.05) is 13.0 Å². The fourth-order valence-corrected chi connectivity index (χ4v) is 4.17. The zero-order chi connectivity index (χ0) is 21.2. The Balaban J connectivity index is 1.55. The number of morpholine rings is 1.